The van der Waals surface area contributed by atoms with Crippen molar-refractivity contribution in [2.75, 3.05) is 12.9 Å². The minimum absolute atomic E-state index is 0.0311. The number of thiophene rings is 1. The molecule has 0 spiro atoms. The van der Waals surface area contributed by atoms with Gasteiger partial charge < -0.3 is 4.74 Å². The molecule has 23 heavy (non-hydrogen) atoms. The van der Waals surface area contributed by atoms with Crippen molar-refractivity contribution >= 4 is 48.9 Å². The molecule has 0 aliphatic rings. The van der Waals surface area contributed by atoms with Gasteiger partial charge in [0.05, 0.1) is 19.1 Å². The number of hydrogen-bond donors (Lipinski definition) is 0. The van der Waals surface area contributed by atoms with Gasteiger partial charge in [0.25, 0.3) is 0 Å². The first kappa shape index (κ1) is 17.8. The molecule has 0 bridgehead atoms. The maximum Gasteiger partial charge on any atom is 0.338 e. The molecule has 2 aromatic rings. The molecule has 1 aromatic carbocycles. The van der Waals surface area contributed by atoms with Crippen molar-refractivity contribution in [1.82, 2.24) is 0 Å². The quantitative estimate of drug-likeness (QED) is 0.551. The summed E-state index contributed by atoms with van der Waals surface area (Å²) < 4.78 is 28.9. The molecule has 8 heteroatoms. The van der Waals surface area contributed by atoms with Crippen LogP contribution < -0.4 is 0 Å². The van der Waals surface area contributed by atoms with Gasteiger partial charge in [-0.2, -0.15) is 0 Å². The topological polar surface area (TPSA) is 77.5 Å². The van der Waals surface area contributed by atoms with E-state index < -0.39 is 22.4 Å². The lowest BCUT2D eigenvalue weighted by atomic mass is 10.1. The lowest BCUT2D eigenvalue weighted by molar-refractivity contribution is 0.0475. The molecule has 0 saturated carbocycles. The Morgan fingerprint density at radius 2 is 1.91 bits per heavy atom. The third kappa shape index (κ3) is 4.49. The lowest BCUT2D eigenvalue weighted by Gasteiger charge is -2.08. The Morgan fingerprint density at radius 3 is 2.48 bits per heavy atom. The van der Waals surface area contributed by atoms with E-state index in [2.05, 4.69) is 15.9 Å². The normalized spacial score (nSPS) is 11.3. The summed E-state index contributed by atoms with van der Waals surface area (Å²) in [6.07, 6.45) is 1.06. The molecule has 122 valence electrons. The van der Waals surface area contributed by atoms with Crippen molar-refractivity contribution in [2.45, 2.75) is 11.8 Å². The molecule has 0 radical (unpaired) electrons. The Hall–Kier alpha value is -1.51. The molecule has 2 rings (SSSR count). The molecule has 0 N–H and O–H groups in total. The predicted octanol–water partition coefficient (Wildman–Crippen LogP) is 3.26. The van der Waals surface area contributed by atoms with Gasteiger partial charge in [0.15, 0.2) is 16.4 Å². The lowest BCUT2D eigenvalue weighted by Crippen LogP contribution is -2.15. The van der Waals surface area contributed by atoms with Gasteiger partial charge in [-0.1, -0.05) is 6.07 Å². The molecule has 5 nitrogen and oxygen atoms in total. The highest BCUT2D eigenvalue weighted by Gasteiger charge is 2.17. The number of esters is 1. The van der Waals surface area contributed by atoms with E-state index >= 15 is 0 Å². The van der Waals surface area contributed by atoms with Crippen LogP contribution in [0.1, 0.15) is 25.6 Å². The van der Waals surface area contributed by atoms with Crippen LogP contribution in [-0.4, -0.2) is 33.0 Å². The molecule has 0 atom stereocenters. The van der Waals surface area contributed by atoms with Gasteiger partial charge >= 0.3 is 5.97 Å². The van der Waals surface area contributed by atoms with Crippen molar-refractivity contribution in [2.24, 2.45) is 0 Å². The highest BCUT2D eigenvalue weighted by Crippen LogP contribution is 2.22. The van der Waals surface area contributed by atoms with Crippen LogP contribution in [0.25, 0.3) is 0 Å². The second kappa shape index (κ2) is 6.94. The van der Waals surface area contributed by atoms with E-state index in [1.54, 1.807) is 19.1 Å². The van der Waals surface area contributed by atoms with Gasteiger partial charge in [0.1, 0.15) is 0 Å². The average molecular weight is 417 g/mol. The predicted molar refractivity (Wildman–Crippen MR) is 90.9 cm³/mol. The van der Waals surface area contributed by atoms with Gasteiger partial charge in [-0.15, -0.1) is 11.3 Å². The monoisotopic (exact) mass is 416 g/mol. The zero-order valence-corrected chi connectivity index (χ0v) is 15.5. The van der Waals surface area contributed by atoms with Gasteiger partial charge in [0, 0.05) is 6.26 Å². The van der Waals surface area contributed by atoms with Crippen LogP contribution in [-0.2, 0) is 14.6 Å². The first-order chi connectivity index (χ1) is 10.7. The second-order valence-corrected chi connectivity index (χ2v) is 9.33. The number of sulfone groups is 1. The molecule has 0 aliphatic heterocycles. The van der Waals surface area contributed by atoms with Gasteiger partial charge in [-0.25, -0.2) is 13.2 Å². The zero-order chi connectivity index (χ0) is 17.2. The number of carbonyl (C=O) groups excluding carboxylic acids is 2. The summed E-state index contributed by atoms with van der Waals surface area (Å²) in [7, 11) is -3.43. The number of benzene rings is 1. The van der Waals surface area contributed by atoms with Crippen LogP contribution in [0.5, 0.6) is 0 Å². The van der Waals surface area contributed by atoms with E-state index in [1.807, 2.05) is 0 Å². The number of carbonyl (C=O) groups is 2. The van der Waals surface area contributed by atoms with Gasteiger partial charge in [-0.3, -0.25) is 4.79 Å². The molecular formula is C15H13BrO5S2. The number of ether oxygens (including phenoxy) is 1. The van der Waals surface area contributed by atoms with E-state index in [-0.39, 0.29) is 16.2 Å². The minimum atomic E-state index is -3.43. The third-order valence-corrected chi connectivity index (χ3v) is 5.81. The highest BCUT2D eigenvalue weighted by atomic mass is 79.9. The molecule has 1 heterocycles. The second-order valence-electron chi connectivity index (χ2n) is 4.85. The Morgan fingerprint density at radius 1 is 1.22 bits per heavy atom. The summed E-state index contributed by atoms with van der Waals surface area (Å²) in [5.74, 6) is -1.04. The van der Waals surface area contributed by atoms with Crippen LogP contribution in [0.3, 0.4) is 0 Å². The molecule has 1 aromatic heterocycles. The van der Waals surface area contributed by atoms with Gasteiger partial charge in [0.2, 0.25) is 5.78 Å². The fraction of sp³-hybridized carbons (Fsp3) is 0.200. The minimum Gasteiger partial charge on any atom is -0.454 e. The van der Waals surface area contributed by atoms with E-state index in [1.165, 1.54) is 29.5 Å². The fourth-order valence-electron chi connectivity index (χ4n) is 1.80. The molecule has 0 unspecified atom stereocenters. The summed E-state index contributed by atoms with van der Waals surface area (Å²) in [5.41, 5.74) is 0.710. The standard InChI is InChI=1S/C15H13BrO5S2/c1-9-3-4-10(23(2,19)20)7-11(9)15(18)21-8-12(17)13-5-6-14(16)22-13/h3-7H,8H2,1-2H3. The third-order valence-electron chi connectivity index (χ3n) is 3.04. The van der Waals surface area contributed by atoms with Crippen LogP contribution in [0.15, 0.2) is 39.0 Å². The first-order valence-electron chi connectivity index (χ1n) is 6.45. The Balaban J connectivity index is 2.13. The Labute approximate surface area is 146 Å². The van der Waals surface area contributed by atoms with Crippen molar-refractivity contribution in [3.8, 4) is 0 Å². The maximum atomic E-state index is 12.1. The fourth-order valence-corrected chi connectivity index (χ4v) is 3.75. The summed E-state index contributed by atoms with van der Waals surface area (Å²) >= 11 is 4.50. The van der Waals surface area contributed by atoms with E-state index in [0.29, 0.717) is 10.4 Å². The Bertz CT molecular complexity index is 868. The number of Topliss-reactive ketones (excluding diaryl/α,β-unsaturated/α-hetero) is 1. The zero-order valence-electron chi connectivity index (χ0n) is 12.3. The van der Waals surface area contributed by atoms with Crippen LogP contribution >= 0.6 is 27.3 Å². The smallest absolute Gasteiger partial charge is 0.338 e. The molecule has 0 fully saturated rings. The maximum absolute atomic E-state index is 12.1. The number of ketones is 1. The van der Waals surface area contributed by atoms with Gasteiger partial charge in [-0.05, 0) is 52.7 Å². The van der Waals surface area contributed by atoms with E-state index in [4.69, 9.17) is 4.74 Å². The highest BCUT2D eigenvalue weighted by molar-refractivity contribution is 9.11. The van der Waals surface area contributed by atoms with Crippen molar-refractivity contribution in [3.05, 3.63) is 50.1 Å². The van der Waals surface area contributed by atoms with Crippen LogP contribution in [0.4, 0.5) is 0 Å². The Kier molecular flexibility index (Phi) is 5.38. The molecule has 0 amide bonds. The average Bonchev–Trinajstić information content (AvgIpc) is 2.90. The van der Waals surface area contributed by atoms with Crippen molar-refractivity contribution < 1.29 is 22.7 Å². The van der Waals surface area contributed by atoms with Crippen molar-refractivity contribution in [3.63, 3.8) is 0 Å². The van der Waals surface area contributed by atoms with Crippen LogP contribution in [0, 0.1) is 6.92 Å². The summed E-state index contributed by atoms with van der Waals surface area (Å²) in [4.78, 5) is 24.5. The van der Waals surface area contributed by atoms with Crippen molar-refractivity contribution in [1.29, 1.82) is 0 Å². The SMILES string of the molecule is Cc1ccc(S(C)(=O)=O)cc1C(=O)OCC(=O)c1ccc(Br)s1. The number of aryl methyl sites for hydroxylation is 1. The molecular weight excluding hydrogens is 404 g/mol. The van der Waals surface area contributed by atoms with Crippen LogP contribution in [0.2, 0.25) is 0 Å². The first-order valence-corrected chi connectivity index (χ1v) is 9.95. The molecule has 0 saturated heterocycles. The number of rotatable bonds is 5. The molecule has 0 aliphatic carbocycles. The van der Waals surface area contributed by atoms with E-state index in [9.17, 15) is 18.0 Å². The summed E-state index contributed by atoms with van der Waals surface area (Å²) in [6, 6.07) is 7.60. The number of hydrogen-bond acceptors (Lipinski definition) is 6. The summed E-state index contributed by atoms with van der Waals surface area (Å²) in [5, 5.41) is 0. The number of halogens is 1. The summed E-state index contributed by atoms with van der Waals surface area (Å²) in [6.45, 7) is 1.27. The van der Waals surface area contributed by atoms with E-state index in [0.717, 1.165) is 10.0 Å². The largest absolute Gasteiger partial charge is 0.454 e.